The van der Waals surface area contributed by atoms with Gasteiger partial charge in [0.05, 0.1) is 6.04 Å². The van der Waals surface area contributed by atoms with Crippen molar-refractivity contribution in [1.29, 1.82) is 0 Å². The summed E-state index contributed by atoms with van der Waals surface area (Å²) in [5.41, 5.74) is 4.58. The molecule has 0 aliphatic carbocycles. The minimum Gasteiger partial charge on any atom is -0.505 e. The van der Waals surface area contributed by atoms with Gasteiger partial charge < -0.3 is 10.4 Å². The van der Waals surface area contributed by atoms with Crippen LogP contribution in [0.15, 0.2) is 79.3 Å². The van der Waals surface area contributed by atoms with Crippen LogP contribution in [0.5, 0.6) is 5.75 Å². The lowest BCUT2D eigenvalue weighted by Crippen LogP contribution is -2.13. The smallest absolute Gasteiger partial charge is 0.147 e. The summed E-state index contributed by atoms with van der Waals surface area (Å²) in [4.78, 5) is 8.46. The van der Waals surface area contributed by atoms with Crippen LogP contribution in [0.25, 0.3) is 10.9 Å². The number of nitrogens with zero attached hydrogens (tertiary/aromatic N) is 2. The summed E-state index contributed by atoms with van der Waals surface area (Å²) >= 11 is 0. The first-order valence-electron chi connectivity index (χ1n) is 8.52. The Kier molecular flexibility index (Phi) is 4.23. The van der Waals surface area contributed by atoms with E-state index in [1.807, 2.05) is 48.5 Å². The highest BCUT2D eigenvalue weighted by atomic mass is 16.3. The van der Waals surface area contributed by atoms with Gasteiger partial charge in [0, 0.05) is 35.2 Å². The second kappa shape index (κ2) is 6.84. The van der Waals surface area contributed by atoms with Crippen molar-refractivity contribution in [1.82, 2.24) is 9.97 Å². The molecule has 0 amide bonds. The van der Waals surface area contributed by atoms with Crippen molar-refractivity contribution in [2.45, 2.75) is 13.0 Å². The van der Waals surface area contributed by atoms with E-state index in [0.29, 0.717) is 5.52 Å². The zero-order chi connectivity index (χ0) is 17.9. The highest BCUT2D eigenvalue weighted by Crippen LogP contribution is 2.36. The van der Waals surface area contributed by atoms with Gasteiger partial charge in [0.1, 0.15) is 11.3 Å². The maximum Gasteiger partial charge on any atom is 0.147 e. The van der Waals surface area contributed by atoms with Gasteiger partial charge in [-0.2, -0.15) is 0 Å². The van der Waals surface area contributed by atoms with E-state index in [9.17, 15) is 5.11 Å². The normalized spacial score (nSPS) is 12.0. The Labute approximate surface area is 152 Å². The largest absolute Gasteiger partial charge is 0.505 e. The molecule has 0 spiro atoms. The Balaban J connectivity index is 1.84. The van der Waals surface area contributed by atoms with Crippen LogP contribution in [0.3, 0.4) is 0 Å². The van der Waals surface area contributed by atoms with E-state index in [2.05, 4.69) is 34.3 Å². The molecule has 0 fully saturated rings. The molecule has 0 saturated carbocycles. The summed E-state index contributed by atoms with van der Waals surface area (Å²) in [6.07, 6.45) is 5.22. The first kappa shape index (κ1) is 16.1. The highest BCUT2D eigenvalue weighted by Gasteiger charge is 2.20. The van der Waals surface area contributed by atoms with Gasteiger partial charge in [-0.15, -0.1) is 0 Å². The molecule has 0 aliphatic rings. The van der Waals surface area contributed by atoms with E-state index in [4.69, 9.17) is 0 Å². The number of nitrogens with one attached hydrogen (secondary N) is 1. The molecule has 128 valence electrons. The number of benzene rings is 2. The van der Waals surface area contributed by atoms with Crippen molar-refractivity contribution < 1.29 is 5.11 Å². The van der Waals surface area contributed by atoms with Gasteiger partial charge in [-0.3, -0.25) is 9.97 Å². The third-order valence-electron chi connectivity index (χ3n) is 4.46. The fourth-order valence-electron chi connectivity index (χ4n) is 3.18. The molecule has 1 atom stereocenters. The molecule has 26 heavy (non-hydrogen) atoms. The van der Waals surface area contributed by atoms with Crippen LogP contribution in [-0.2, 0) is 0 Å². The van der Waals surface area contributed by atoms with E-state index < -0.39 is 0 Å². The summed E-state index contributed by atoms with van der Waals surface area (Å²) in [5, 5.41) is 15.4. The van der Waals surface area contributed by atoms with Gasteiger partial charge in [-0.25, -0.2) is 0 Å². The Bertz CT molecular complexity index is 1050. The lowest BCUT2D eigenvalue weighted by atomic mass is 9.96. The van der Waals surface area contributed by atoms with E-state index in [0.717, 1.165) is 22.2 Å². The number of fused-ring (bicyclic) bond motifs is 1. The predicted octanol–water partition coefficient (Wildman–Crippen LogP) is 4.85. The molecule has 1 unspecified atom stereocenters. The van der Waals surface area contributed by atoms with Crippen LogP contribution in [0.2, 0.25) is 0 Å². The third kappa shape index (κ3) is 3.09. The first-order chi connectivity index (χ1) is 12.7. The Morgan fingerprint density at radius 3 is 2.58 bits per heavy atom. The van der Waals surface area contributed by atoms with Crippen molar-refractivity contribution in [2.75, 3.05) is 5.32 Å². The topological polar surface area (TPSA) is 58.0 Å². The molecule has 4 heteroatoms. The fourth-order valence-corrected chi connectivity index (χ4v) is 3.18. The van der Waals surface area contributed by atoms with Gasteiger partial charge >= 0.3 is 0 Å². The van der Waals surface area contributed by atoms with Crippen LogP contribution in [0.4, 0.5) is 5.69 Å². The van der Waals surface area contributed by atoms with E-state index in [1.165, 1.54) is 5.56 Å². The highest BCUT2D eigenvalue weighted by molar-refractivity contribution is 5.86. The molecule has 4 aromatic rings. The van der Waals surface area contributed by atoms with E-state index in [1.54, 1.807) is 18.6 Å². The maximum atomic E-state index is 10.9. The molecule has 4 nitrogen and oxygen atoms in total. The van der Waals surface area contributed by atoms with Gasteiger partial charge in [0.25, 0.3) is 0 Å². The van der Waals surface area contributed by atoms with Gasteiger partial charge in [-0.05, 0) is 48.4 Å². The monoisotopic (exact) mass is 341 g/mol. The van der Waals surface area contributed by atoms with Crippen LogP contribution < -0.4 is 5.32 Å². The molecule has 4 rings (SSSR count). The Morgan fingerprint density at radius 2 is 1.77 bits per heavy atom. The number of phenolic OH excluding ortho intramolecular Hbond substituents is 1. The molecule has 0 aliphatic heterocycles. The lowest BCUT2D eigenvalue weighted by molar-refractivity contribution is 0.472. The quantitative estimate of drug-likeness (QED) is 0.557. The van der Waals surface area contributed by atoms with Crippen molar-refractivity contribution in [2.24, 2.45) is 0 Å². The predicted molar refractivity (Wildman–Crippen MR) is 104 cm³/mol. The number of pyridine rings is 2. The standard InChI is InChI=1S/C22H19N3O/c1-15-4-2-6-18(14-15)25-20(17-9-12-23-13-10-17)19-8-7-16-5-3-11-24-21(16)22(19)26/h2-14,20,25-26H,1H3. The maximum absolute atomic E-state index is 10.9. The summed E-state index contributed by atoms with van der Waals surface area (Å²) < 4.78 is 0. The SMILES string of the molecule is Cc1cccc(NC(c2ccncc2)c2ccc3cccnc3c2O)c1. The summed E-state index contributed by atoms with van der Waals surface area (Å²) in [7, 11) is 0. The van der Waals surface area contributed by atoms with Crippen molar-refractivity contribution >= 4 is 16.6 Å². The lowest BCUT2D eigenvalue weighted by Gasteiger charge is -2.22. The zero-order valence-corrected chi connectivity index (χ0v) is 14.4. The molecule has 2 aromatic carbocycles. The third-order valence-corrected chi connectivity index (χ3v) is 4.46. The molecule has 0 bridgehead atoms. The Morgan fingerprint density at radius 1 is 0.923 bits per heavy atom. The summed E-state index contributed by atoms with van der Waals surface area (Å²) in [5.74, 6) is 0.199. The van der Waals surface area contributed by atoms with Crippen molar-refractivity contribution in [3.8, 4) is 5.75 Å². The van der Waals surface area contributed by atoms with Crippen molar-refractivity contribution in [3.63, 3.8) is 0 Å². The van der Waals surface area contributed by atoms with Crippen LogP contribution in [0.1, 0.15) is 22.7 Å². The second-order valence-corrected chi connectivity index (χ2v) is 6.31. The van der Waals surface area contributed by atoms with Crippen LogP contribution >= 0.6 is 0 Å². The molecular formula is C22H19N3O. The minimum absolute atomic E-state index is 0.199. The van der Waals surface area contributed by atoms with E-state index in [-0.39, 0.29) is 11.8 Å². The fraction of sp³-hybridized carbons (Fsp3) is 0.0909. The van der Waals surface area contributed by atoms with Gasteiger partial charge in [0.2, 0.25) is 0 Å². The van der Waals surface area contributed by atoms with Gasteiger partial charge in [0.15, 0.2) is 0 Å². The molecule has 0 saturated heterocycles. The molecule has 2 N–H and O–H groups in total. The van der Waals surface area contributed by atoms with E-state index >= 15 is 0 Å². The van der Waals surface area contributed by atoms with Gasteiger partial charge in [-0.1, -0.05) is 30.3 Å². The number of phenols is 1. The number of aromatic nitrogens is 2. The molecule has 2 aromatic heterocycles. The molecular weight excluding hydrogens is 322 g/mol. The summed E-state index contributed by atoms with van der Waals surface area (Å²) in [6, 6.07) is 19.6. The van der Waals surface area contributed by atoms with Crippen molar-refractivity contribution in [3.05, 3.63) is 95.9 Å². The number of aryl methyl sites for hydroxylation is 1. The molecule has 2 heterocycles. The zero-order valence-electron chi connectivity index (χ0n) is 14.4. The minimum atomic E-state index is -0.216. The number of hydrogen-bond acceptors (Lipinski definition) is 4. The number of aromatic hydroxyl groups is 1. The average Bonchev–Trinajstić information content (AvgIpc) is 2.68. The number of hydrogen-bond donors (Lipinski definition) is 2. The first-order valence-corrected chi connectivity index (χ1v) is 8.52. The van der Waals surface area contributed by atoms with Crippen LogP contribution in [-0.4, -0.2) is 15.1 Å². The number of rotatable bonds is 4. The van der Waals surface area contributed by atoms with Crippen LogP contribution in [0, 0.1) is 6.92 Å². The average molecular weight is 341 g/mol. The second-order valence-electron chi connectivity index (χ2n) is 6.31. The molecule has 0 radical (unpaired) electrons. The number of anilines is 1. The Hall–Kier alpha value is -3.40. The summed E-state index contributed by atoms with van der Waals surface area (Å²) in [6.45, 7) is 2.06.